The highest BCUT2D eigenvalue weighted by molar-refractivity contribution is 7.99. The summed E-state index contributed by atoms with van der Waals surface area (Å²) in [5.41, 5.74) is 0.769. The van der Waals surface area contributed by atoms with Gasteiger partial charge in [-0.2, -0.15) is 0 Å². The summed E-state index contributed by atoms with van der Waals surface area (Å²) < 4.78 is 7.13. The van der Waals surface area contributed by atoms with Crippen LogP contribution in [0.5, 0.6) is 5.75 Å². The first kappa shape index (κ1) is 23.0. The SMILES string of the molecule is C=CCn1c(SCC(=O)NC(=O)NC23CC4CC(CC(C4)C2)C3)nnc1-c1ccc(OC)cc1. The van der Waals surface area contributed by atoms with Gasteiger partial charge >= 0.3 is 6.03 Å². The van der Waals surface area contributed by atoms with Gasteiger partial charge in [0.15, 0.2) is 11.0 Å². The summed E-state index contributed by atoms with van der Waals surface area (Å²) in [6, 6.07) is 7.19. The molecule has 1 aromatic carbocycles. The minimum Gasteiger partial charge on any atom is -0.497 e. The Morgan fingerprint density at radius 1 is 1.15 bits per heavy atom. The fraction of sp³-hybridized carbons (Fsp3) is 0.520. The topological polar surface area (TPSA) is 98.1 Å². The van der Waals surface area contributed by atoms with E-state index >= 15 is 0 Å². The standard InChI is InChI=1S/C25H31N5O3S/c1-3-8-30-22(19-4-6-20(33-2)7-5-19)28-29-24(30)34-15-21(31)26-23(32)27-25-12-16-9-17(13-25)11-18(10-16)14-25/h3-7,16-18H,1,8-15H2,2H3,(H2,26,27,31,32). The van der Waals surface area contributed by atoms with Gasteiger partial charge in [0.05, 0.1) is 12.9 Å². The number of carbonyl (C=O) groups excluding carboxylic acids is 2. The van der Waals surface area contributed by atoms with E-state index in [1.165, 1.54) is 31.0 Å². The van der Waals surface area contributed by atoms with Crippen LogP contribution in [-0.4, -0.2) is 45.1 Å². The summed E-state index contributed by atoms with van der Waals surface area (Å²) in [6.45, 7) is 4.33. The normalized spacial score (nSPS) is 26.8. The van der Waals surface area contributed by atoms with E-state index in [9.17, 15) is 9.59 Å². The minimum absolute atomic E-state index is 0.0756. The lowest BCUT2D eigenvalue weighted by molar-refractivity contribution is -0.117. The van der Waals surface area contributed by atoms with Gasteiger partial charge in [0, 0.05) is 17.6 Å². The van der Waals surface area contributed by atoms with Gasteiger partial charge < -0.3 is 10.1 Å². The molecule has 2 aromatic rings. The monoisotopic (exact) mass is 481 g/mol. The molecule has 0 unspecified atom stereocenters. The fourth-order valence-corrected chi connectivity index (χ4v) is 7.22. The van der Waals surface area contributed by atoms with Gasteiger partial charge in [0.1, 0.15) is 5.75 Å². The molecule has 4 aliphatic carbocycles. The summed E-state index contributed by atoms with van der Waals surface area (Å²) in [6.07, 6.45) is 8.84. The second-order valence-electron chi connectivity index (χ2n) is 9.92. The van der Waals surface area contributed by atoms with Crippen LogP contribution in [0.4, 0.5) is 4.79 Å². The van der Waals surface area contributed by atoms with Crippen LogP contribution in [0.3, 0.4) is 0 Å². The molecule has 4 saturated carbocycles. The van der Waals surface area contributed by atoms with E-state index in [1.807, 2.05) is 28.8 Å². The van der Waals surface area contributed by atoms with Gasteiger partial charge in [0.2, 0.25) is 5.91 Å². The van der Waals surface area contributed by atoms with Crippen LogP contribution in [-0.2, 0) is 11.3 Å². The van der Waals surface area contributed by atoms with Crippen LogP contribution in [0.2, 0.25) is 0 Å². The molecular weight excluding hydrogens is 450 g/mol. The zero-order valence-electron chi connectivity index (χ0n) is 19.5. The smallest absolute Gasteiger partial charge is 0.321 e. The molecule has 1 heterocycles. The third kappa shape index (κ3) is 4.71. The number of urea groups is 1. The molecule has 1 aromatic heterocycles. The average molecular weight is 482 g/mol. The molecule has 180 valence electrons. The van der Waals surface area contributed by atoms with Crippen molar-refractivity contribution in [2.45, 2.75) is 55.8 Å². The number of allylic oxidation sites excluding steroid dienone is 1. The summed E-state index contributed by atoms with van der Waals surface area (Å²) in [5, 5.41) is 14.9. The van der Waals surface area contributed by atoms with Crippen molar-refractivity contribution in [1.29, 1.82) is 0 Å². The first-order valence-corrected chi connectivity index (χ1v) is 12.9. The third-order valence-corrected chi connectivity index (χ3v) is 8.35. The molecule has 4 aliphatic rings. The van der Waals surface area contributed by atoms with E-state index in [4.69, 9.17) is 4.74 Å². The van der Waals surface area contributed by atoms with Crippen molar-refractivity contribution >= 4 is 23.7 Å². The molecule has 0 saturated heterocycles. The van der Waals surface area contributed by atoms with Crippen molar-refractivity contribution in [1.82, 2.24) is 25.4 Å². The number of benzene rings is 1. The summed E-state index contributed by atoms with van der Waals surface area (Å²) in [4.78, 5) is 25.2. The molecule has 0 atom stereocenters. The molecule has 0 spiro atoms. The maximum atomic E-state index is 12.7. The van der Waals surface area contributed by atoms with Gasteiger partial charge in [-0.15, -0.1) is 16.8 Å². The van der Waals surface area contributed by atoms with E-state index in [2.05, 4.69) is 27.4 Å². The number of nitrogens with zero attached hydrogens (tertiary/aromatic N) is 3. The molecular formula is C25H31N5O3S. The van der Waals surface area contributed by atoms with Crippen LogP contribution in [0, 0.1) is 17.8 Å². The van der Waals surface area contributed by atoms with Crippen molar-refractivity contribution in [3.8, 4) is 17.1 Å². The maximum absolute atomic E-state index is 12.7. The van der Waals surface area contributed by atoms with Crippen LogP contribution < -0.4 is 15.4 Å². The zero-order chi connectivity index (χ0) is 23.7. The fourth-order valence-electron chi connectivity index (χ4n) is 6.47. The van der Waals surface area contributed by atoms with Gasteiger partial charge in [0.25, 0.3) is 0 Å². The lowest BCUT2D eigenvalue weighted by atomic mass is 9.53. The second kappa shape index (κ2) is 9.44. The van der Waals surface area contributed by atoms with Gasteiger partial charge in [-0.25, -0.2) is 4.79 Å². The van der Waals surface area contributed by atoms with Gasteiger partial charge in [-0.1, -0.05) is 17.8 Å². The Balaban J connectivity index is 1.18. The second-order valence-corrected chi connectivity index (χ2v) is 10.9. The number of thioether (sulfide) groups is 1. The number of aromatic nitrogens is 3. The van der Waals surface area contributed by atoms with Crippen LogP contribution >= 0.6 is 11.8 Å². The van der Waals surface area contributed by atoms with E-state index in [-0.39, 0.29) is 23.2 Å². The molecule has 4 bridgehead atoms. The number of hydrogen-bond donors (Lipinski definition) is 2. The van der Waals surface area contributed by atoms with E-state index in [0.717, 1.165) is 48.3 Å². The number of ether oxygens (including phenoxy) is 1. The average Bonchev–Trinajstić information content (AvgIpc) is 3.19. The highest BCUT2D eigenvalue weighted by atomic mass is 32.2. The molecule has 34 heavy (non-hydrogen) atoms. The Kier molecular flexibility index (Phi) is 6.38. The molecule has 0 radical (unpaired) electrons. The first-order valence-electron chi connectivity index (χ1n) is 11.9. The minimum atomic E-state index is -0.376. The number of nitrogens with one attached hydrogen (secondary N) is 2. The number of rotatable bonds is 8. The van der Waals surface area contributed by atoms with Crippen molar-refractivity contribution in [3.05, 3.63) is 36.9 Å². The van der Waals surface area contributed by atoms with Crippen molar-refractivity contribution in [2.24, 2.45) is 17.8 Å². The molecule has 3 amide bonds. The Hall–Kier alpha value is -2.81. The highest BCUT2D eigenvalue weighted by Gasteiger charge is 2.51. The van der Waals surface area contributed by atoms with Crippen molar-refractivity contribution in [3.63, 3.8) is 0 Å². The van der Waals surface area contributed by atoms with E-state index in [0.29, 0.717) is 17.5 Å². The van der Waals surface area contributed by atoms with Crippen molar-refractivity contribution < 1.29 is 14.3 Å². The number of carbonyl (C=O) groups is 2. The number of hydrogen-bond acceptors (Lipinski definition) is 6. The molecule has 9 heteroatoms. The zero-order valence-corrected chi connectivity index (χ0v) is 20.3. The van der Waals surface area contributed by atoms with E-state index in [1.54, 1.807) is 13.2 Å². The Bertz CT molecular complexity index is 1050. The quantitative estimate of drug-likeness (QED) is 0.436. The molecule has 0 aliphatic heterocycles. The molecule has 6 rings (SSSR count). The first-order chi connectivity index (χ1) is 16.5. The van der Waals surface area contributed by atoms with Crippen molar-refractivity contribution in [2.75, 3.05) is 12.9 Å². The van der Waals surface area contributed by atoms with Crippen LogP contribution in [0.25, 0.3) is 11.4 Å². The maximum Gasteiger partial charge on any atom is 0.321 e. The highest BCUT2D eigenvalue weighted by Crippen LogP contribution is 2.55. The van der Waals surface area contributed by atoms with Crippen LogP contribution in [0.15, 0.2) is 42.1 Å². The Morgan fingerprint density at radius 2 is 1.79 bits per heavy atom. The summed E-state index contributed by atoms with van der Waals surface area (Å²) >= 11 is 1.26. The van der Waals surface area contributed by atoms with E-state index < -0.39 is 0 Å². The molecule has 8 nitrogen and oxygen atoms in total. The number of amides is 3. The lowest BCUT2D eigenvalue weighted by Gasteiger charge is -2.56. The largest absolute Gasteiger partial charge is 0.497 e. The lowest BCUT2D eigenvalue weighted by Crippen LogP contribution is -2.61. The summed E-state index contributed by atoms with van der Waals surface area (Å²) in [5.74, 6) is 3.37. The predicted molar refractivity (Wildman–Crippen MR) is 131 cm³/mol. The van der Waals surface area contributed by atoms with Gasteiger partial charge in [-0.05, 0) is 80.5 Å². The predicted octanol–water partition coefficient (Wildman–Crippen LogP) is 4.03. The van der Waals surface area contributed by atoms with Crippen LogP contribution in [0.1, 0.15) is 38.5 Å². The van der Waals surface area contributed by atoms with Gasteiger partial charge in [-0.3, -0.25) is 14.7 Å². The Labute approximate surface area is 203 Å². The third-order valence-electron chi connectivity index (χ3n) is 7.38. The Morgan fingerprint density at radius 3 is 2.38 bits per heavy atom. The molecule has 4 fully saturated rings. The molecule has 2 N–H and O–H groups in total. The number of methoxy groups -OCH3 is 1. The summed E-state index contributed by atoms with van der Waals surface area (Å²) in [7, 11) is 1.62. The number of imide groups is 1.